The van der Waals surface area contributed by atoms with E-state index in [0.29, 0.717) is 0 Å². The van der Waals surface area contributed by atoms with Crippen LogP contribution < -0.4 is 0 Å². The summed E-state index contributed by atoms with van der Waals surface area (Å²) in [6.45, 7) is 2.26. The van der Waals surface area contributed by atoms with Crippen LogP contribution in [0.5, 0.6) is 0 Å². The molecule has 9 rings (SSSR count). The smallest absolute Gasteiger partial charge is 0.0352 e. The Balaban J connectivity index is 1.35. The Bertz CT molecular complexity index is 2280. The van der Waals surface area contributed by atoms with Crippen LogP contribution in [-0.2, 0) is 0 Å². The fourth-order valence-electron chi connectivity index (χ4n) is 8.24. The molecule has 0 unspecified atom stereocenters. The van der Waals surface area contributed by atoms with E-state index >= 15 is 0 Å². The molecule has 232 valence electrons. The van der Waals surface area contributed by atoms with Gasteiger partial charge in [-0.15, -0.1) is 0 Å². The quantitative estimate of drug-likeness (QED) is 0.162. The number of rotatable bonds is 6. The van der Waals surface area contributed by atoms with Crippen molar-refractivity contribution < 1.29 is 0 Å². The number of hydrogen-bond donors (Lipinski definition) is 0. The van der Waals surface area contributed by atoms with Gasteiger partial charge in [-0.05, 0) is 83.4 Å². The molecule has 0 bridgehead atoms. The lowest BCUT2D eigenvalue weighted by Gasteiger charge is -2.27. The number of hydrogen-bond acceptors (Lipinski definition) is 0. The average molecular weight is 625 g/mol. The van der Waals surface area contributed by atoms with Crippen LogP contribution in [0.4, 0.5) is 0 Å². The molecule has 0 spiro atoms. The van der Waals surface area contributed by atoms with E-state index in [0.717, 1.165) is 0 Å². The van der Waals surface area contributed by atoms with Gasteiger partial charge in [0.15, 0.2) is 0 Å². The summed E-state index contributed by atoms with van der Waals surface area (Å²) in [7, 11) is 0. The zero-order valence-corrected chi connectivity index (χ0v) is 27.6. The van der Waals surface area contributed by atoms with E-state index in [1.165, 1.54) is 82.0 Å². The van der Waals surface area contributed by atoms with Crippen LogP contribution in [0.25, 0.3) is 43.1 Å². The zero-order chi connectivity index (χ0) is 32.7. The Morgan fingerprint density at radius 3 is 0.857 bits per heavy atom. The highest BCUT2D eigenvalue weighted by Gasteiger charge is 2.26. The Morgan fingerprint density at radius 1 is 0.286 bits per heavy atom. The lowest BCUT2D eigenvalue weighted by molar-refractivity contribution is 0.955. The monoisotopic (exact) mass is 624 g/mol. The van der Waals surface area contributed by atoms with E-state index in [9.17, 15) is 0 Å². The van der Waals surface area contributed by atoms with Crippen LogP contribution in [0, 0.1) is 6.92 Å². The van der Waals surface area contributed by atoms with Gasteiger partial charge in [0.05, 0.1) is 0 Å². The van der Waals surface area contributed by atoms with Gasteiger partial charge < -0.3 is 0 Å². The third-order valence-electron chi connectivity index (χ3n) is 10.3. The molecule has 9 aromatic rings. The predicted octanol–water partition coefficient (Wildman–Crippen LogP) is 13.0. The lowest BCUT2D eigenvalue weighted by Crippen LogP contribution is -2.10. The first-order valence-corrected chi connectivity index (χ1v) is 17.2. The van der Waals surface area contributed by atoms with Gasteiger partial charge in [-0.25, -0.2) is 0 Å². The van der Waals surface area contributed by atoms with E-state index in [-0.39, 0.29) is 11.8 Å². The molecule has 0 saturated carbocycles. The van der Waals surface area contributed by atoms with Crippen LogP contribution in [0.1, 0.15) is 50.8 Å². The molecule has 0 heteroatoms. The van der Waals surface area contributed by atoms with Gasteiger partial charge in [-0.1, -0.05) is 194 Å². The second-order valence-corrected chi connectivity index (χ2v) is 13.3. The van der Waals surface area contributed by atoms with Crippen molar-refractivity contribution in [2.24, 2.45) is 0 Å². The van der Waals surface area contributed by atoms with E-state index in [4.69, 9.17) is 0 Å². The van der Waals surface area contributed by atoms with Gasteiger partial charge in [0, 0.05) is 11.8 Å². The maximum Gasteiger partial charge on any atom is 0.0352 e. The van der Waals surface area contributed by atoms with Crippen LogP contribution in [0.3, 0.4) is 0 Å². The van der Waals surface area contributed by atoms with Gasteiger partial charge in [0.25, 0.3) is 0 Å². The summed E-state index contributed by atoms with van der Waals surface area (Å²) in [5, 5.41) is 10.3. The molecule has 0 fully saturated rings. The molecule has 0 atom stereocenters. The van der Waals surface area contributed by atoms with E-state index in [1.807, 2.05) is 0 Å². The maximum atomic E-state index is 2.51. The van der Waals surface area contributed by atoms with E-state index in [1.54, 1.807) is 0 Å². The minimum absolute atomic E-state index is 0.0385. The summed E-state index contributed by atoms with van der Waals surface area (Å²) < 4.78 is 0. The normalized spacial score (nSPS) is 11.7. The SMILES string of the molecule is Cc1cc(C(c2cccc3ccccc23)c2cccc3ccccc23)cc(C(c2cccc3ccccc23)c2cccc3ccccc23)c1. The van der Waals surface area contributed by atoms with Gasteiger partial charge in [0.2, 0.25) is 0 Å². The molecular weight excluding hydrogens is 589 g/mol. The summed E-state index contributed by atoms with van der Waals surface area (Å²) >= 11 is 0. The third-order valence-corrected chi connectivity index (χ3v) is 10.3. The molecule has 0 radical (unpaired) electrons. The highest BCUT2D eigenvalue weighted by Crippen LogP contribution is 2.44. The summed E-state index contributed by atoms with van der Waals surface area (Å²) in [5.74, 6) is 0.0769. The molecule has 9 aromatic carbocycles. The fraction of sp³-hybridized carbons (Fsp3) is 0.0612. The third kappa shape index (κ3) is 5.18. The van der Waals surface area contributed by atoms with Crippen molar-refractivity contribution in [1.29, 1.82) is 0 Å². The molecule has 0 nitrogen and oxygen atoms in total. The Hall–Kier alpha value is -5.98. The van der Waals surface area contributed by atoms with Crippen LogP contribution in [-0.4, -0.2) is 0 Å². The summed E-state index contributed by atoms with van der Waals surface area (Å²) in [4.78, 5) is 0. The number of aryl methyl sites for hydroxylation is 1. The first-order chi connectivity index (χ1) is 24.2. The summed E-state index contributed by atoms with van der Waals surface area (Å²) in [5.41, 5.74) is 9.22. The van der Waals surface area contributed by atoms with Gasteiger partial charge in [-0.2, -0.15) is 0 Å². The van der Waals surface area contributed by atoms with Crippen molar-refractivity contribution in [2.75, 3.05) is 0 Å². The molecule has 0 aliphatic heterocycles. The Labute approximate surface area is 287 Å². The second kappa shape index (κ2) is 12.2. The molecular formula is C49H36. The molecule has 0 amide bonds. The van der Waals surface area contributed by atoms with Crippen molar-refractivity contribution in [3.05, 3.63) is 227 Å². The molecule has 49 heavy (non-hydrogen) atoms. The Kier molecular flexibility index (Phi) is 7.29. The van der Waals surface area contributed by atoms with Crippen molar-refractivity contribution in [1.82, 2.24) is 0 Å². The zero-order valence-electron chi connectivity index (χ0n) is 27.6. The van der Waals surface area contributed by atoms with Crippen LogP contribution >= 0.6 is 0 Å². The average Bonchev–Trinajstić information content (AvgIpc) is 3.15. The highest BCUT2D eigenvalue weighted by atomic mass is 14.3. The topological polar surface area (TPSA) is 0 Å². The van der Waals surface area contributed by atoms with Crippen LogP contribution in [0.2, 0.25) is 0 Å². The fourth-order valence-corrected chi connectivity index (χ4v) is 8.24. The highest BCUT2D eigenvalue weighted by molar-refractivity contribution is 5.93. The van der Waals surface area contributed by atoms with Gasteiger partial charge >= 0.3 is 0 Å². The minimum Gasteiger partial charge on any atom is -0.0616 e. The largest absolute Gasteiger partial charge is 0.0616 e. The van der Waals surface area contributed by atoms with Crippen molar-refractivity contribution >= 4 is 43.1 Å². The molecule has 0 heterocycles. The molecule has 0 aliphatic rings. The lowest BCUT2D eigenvalue weighted by atomic mass is 9.76. The first-order valence-electron chi connectivity index (χ1n) is 17.2. The number of fused-ring (bicyclic) bond motifs is 4. The minimum atomic E-state index is 0.0385. The van der Waals surface area contributed by atoms with Gasteiger partial charge in [0.1, 0.15) is 0 Å². The molecule has 0 aliphatic carbocycles. The second-order valence-electron chi connectivity index (χ2n) is 13.3. The van der Waals surface area contributed by atoms with E-state index < -0.39 is 0 Å². The standard InChI is InChI=1S/C49H36/c1-33-30-38(48(44-26-10-18-34-14-2-6-22-40(34)44)45-27-11-19-35-15-3-7-23-41(35)45)32-39(31-33)49(46-28-12-20-36-16-4-8-24-42(36)46)47-29-13-21-37-17-5-9-25-43(37)47/h2-32,48-49H,1H3. The van der Waals surface area contributed by atoms with Crippen molar-refractivity contribution in [3.63, 3.8) is 0 Å². The van der Waals surface area contributed by atoms with E-state index in [2.05, 4.69) is 195 Å². The Morgan fingerprint density at radius 2 is 0.551 bits per heavy atom. The summed E-state index contributed by atoms with van der Waals surface area (Å²) in [6.07, 6.45) is 0. The molecule has 0 N–H and O–H groups in total. The predicted molar refractivity (Wildman–Crippen MR) is 209 cm³/mol. The first kappa shape index (κ1) is 29.2. The molecule has 0 saturated heterocycles. The summed E-state index contributed by atoms with van der Waals surface area (Å²) in [6, 6.07) is 69.9. The van der Waals surface area contributed by atoms with Crippen LogP contribution in [0.15, 0.2) is 188 Å². The van der Waals surface area contributed by atoms with Gasteiger partial charge in [-0.3, -0.25) is 0 Å². The maximum absolute atomic E-state index is 2.51. The number of benzene rings is 9. The van der Waals surface area contributed by atoms with Crippen molar-refractivity contribution in [3.8, 4) is 0 Å². The van der Waals surface area contributed by atoms with Crippen molar-refractivity contribution in [2.45, 2.75) is 18.8 Å². The molecule has 0 aromatic heterocycles.